The lowest BCUT2D eigenvalue weighted by molar-refractivity contribution is 0.0960. The molecule has 2 rings (SSSR count). The maximum absolute atomic E-state index is 12.2. The van der Waals surface area contributed by atoms with Crippen LogP contribution in [0.25, 0.3) is 0 Å². The predicted molar refractivity (Wildman–Crippen MR) is 68.3 cm³/mol. The van der Waals surface area contributed by atoms with Gasteiger partial charge in [-0.3, -0.25) is 4.79 Å². The van der Waals surface area contributed by atoms with Gasteiger partial charge in [-0.05, 0) is 38.2 Å². The number of fused-ring (bicyclic) bond motifs is 1. The molecule has 92 valence electrons. The minimum Gasteiger partial charge on any atom is -0.468 e. The van der Waals surface area contributed by atoms with Gasteiger partial charge in [0.15, 0.2) is 5.78 Å². The molecule has 1 aliphatic carbocycles. The molecule has 0 N–H and O–H groups in total. The molecule has 1 heterocycles. The van der Waals surface area contributed by atoms with Gasteiger partial charge in [0.25, 0.3) is 0 Å². The van der Waals surface area contributed by atoms with Crippen molar-refractivity contribution in [3.8, 4) is 0 Å². The number of carbonyl (C=O) groups is 1. The summed E-state index contributed by atoms with van der Waals surface area (Å²) in [5.41, 5.74) is 3.10. The molecule has 17 heavy (non-hydrogen) atoms. The lowest BCUT2D eigenvalue weighted by Gasteiger charge is -2.12. The monoisotopic (exact) mass is 232 g/mol. The highest BCUT2D eigenvalue weighted by atomic mass is 16.3. The summed E-state index contributed by atoms with van der Waals surface area (Å²) in [6.07, 6.45) is 7.54. The lowest BCUT2D eigenvalue weighted by atomic mass is 9.91. The van der Waals surface area contributed by atoms with E-state index in [1.807, 2.05) is 6.92 Å². The highest BCUT2D eigenvalue weighted by molar-refractivity contribution is 5.98. The van der Waals surface area contributed by atoms with E-state index in [1.54, 1.807) is 6.26 Å². The second-order valence-corrected chi connectivity index (χ2v) is 5.25. The third-order valence-corrected chi connectivity index (χ3v) is 3.46. The number of furan rings is 1. The van der Waals surface area contributed by atoms with E-state index in [0.717, 1.165) is 36.1 Å². The van der Waals surface area contributed by atoms with Crippen molar-refractivity contribution in [3.05, 3.63) is 34.8 Å². The number of carbonyl (C=O) groups excluding carboxylic acids is 1. The number of Topliss-reactive ketones (excluding diaryl/α,β-unsaturated/α-hetero) is 1. The zero-order chi connectivity index (χ0) is 12.4. The topological polar surface area (TPSA) is 30.2 Å². The van der Waals surface area contributed by atoms with Gasteiger partial charge in [-0.1, -0.05) is 18.6 Å². The van der Waals surface area contributed by atoms with E-state index >= 15 is 0 Å². The van der Waals surface area contributed by atoms with Crippen LogP contribution >= 0.6 is 0 Å². The second kappa shape index (κ2) is 4.91. The van der Waals surface area contributed by atoms with E-state index in [9.17, 15) is 4.79 Å². The number of rotatable bonds is 0. The van der Waals surface area contributed by atoms with Crippen LogP contribution in [-0.4, -0.2) is 5.78 Å². The van der Waals surface area contributed by atoms with Crippen LogP contribution in [0.4, 0.5) is 0 Å². The van der Waals surface area contributed by atoms with Gasteiger partial charge >= 0.3 is 0 Å². The molecule has 1 unspecified atom stereocenters. The molecule has 0 amide bonds. The first-order valence-electron chi connectivity index (χ1n) is 6.33. The molecule has 0 fully saturated rings. The van der Waals surface area contributed by atoms with Gasteiger partial charge in [0, 0.05) is 12.8 Å². The molecule has 0 spiro atoms. The highest BCUT2D eigenvalue weighted by Crippen LogP contribution is 2.25. The minimum atomic E-state index is 0.244. The molecule has 1 atom stereocenters. The molecule has 0 saturated carbocycles. The van der Waals surface area contributed by atoms with Gasteiger partial charge in [0.1, 0.15) is 5.76 Å². The summed E-state index contributed by atoms with van der Waals surface area (Å²) in [6.45, 7) is 6.21. The number of aryl methyl sites for hydroxylation is 1. The Bertz CT molecular complexity index is 451. The summed E-state index contributed by atoms with van der Waals surface area (Å²) in [4.78, 5) is 12.2. The average Bonchev–Trinajstić information content (AvgIpc) is 2.58. The third-order valence-electron chi connectivity index (χ3n) is 3.46. The molecule has 0 saturated heterocycles. The van der Waals surface area contributed by atoms with E-state index < -0.39 is 0 Å². The molecule has 0 aromatic carbocycles. The fraction of sp³-hybridized carbons (Fsp3) is 0.533. The van der Waals surface area contributed by atoms with Gasteiger partial charge in [-0.15, -0.1) is 0 Å². The van der Waals surface area contributed by atoms with Crippen LogP contribution in [0.3, 0.4) is 0 Å². The number of allylic oxidation sites excluding steroid dienone is 2. The Morgan fingerprint density at radius 2 is 2.12 bits per heavy atom. The normalized spacial score (nSPS) is 25.0. The predicted octanol–water partition coefficient (Wildman–Crippen LogP) is 4.08. The maximum atomic E-state index is 12.2. The van der Waals surface area contributed by atoms with Crippen LogP contribution in [-0.2, 0) is 6.42 Å². The van der Waals surface area contributed by atoms with Crippen molar-refractivity contribution in [2.24, 2.45) is 5.92 Å². The first-order valence-corrected chi connectivity index (χ1v) is 6.33. The fourth-order valence-corrected chi connectivity index (χ4v) is 2.46. The quantitative estimate of drug-likeness (QED) is 0.631. The maximum Gasteiger partial charge on any atom is 0.166 e. The van der Waals surface area contributed by atoms with Crippen LogP contribution in [0.5, 0.6) is 0 Å². The fourth-order valence-electron chi connectivity index (χ4n) is 2.46. The number of ketones is 1. The van der Waals surface area contributed by atoms with E-state index in [-0.39, 0.29) is 5.78 Å². The van der Waals surface area contributed by atoms with E-state index in [1.165, 1.54) is 5.57 Å². The summed E-state index contributed by atoms with van der Waals surface area (Å²) in [5.74, 6) is 1.54. The van der Waals surface area contributed by atoms with Gasteiger partial charge < -0.3 is 4.42 Å². The van der Waals surface area contributed by atoms with E-state index in [4.69, 9.17) is 4.42 Å². The van der Waals surface area contributed by atoms with Crippen molar-refractivity contribution in [2.45, 2.75) is 46.5 Å². The zero-order valence-electron chi connectivity index (χ0n) is 10.9. The summed E-state index contributed by atoms with van der Waals surface area (Å²) in [7, 11) is 0. The van der Waals surface area contributed by atoms with E-state index in [0.29, 0.717) is 12.3 Å². The van der Waals surface area contributed by atoms with Gasteiger partial charge in [0.2, 0.25) is 0 Å². The first kappa shape index (κ1) is 12.2. The molecule has 0 bridgehead atoms. The van der Waals surface area contributed by atoms with Crippen molar-refractivity contribution in [1.29, 1.82) is 0 Å². The molecular formula is C15H20O2. The van der Waals surface area contributed by atoms with E-state index in [2.05, 4.69) is 19.9 Å². The molecule has 1 aliphatic rings. The van der Waals surface area contributed by atoms with Crippen molar-refractivity contribution < 1.29 is 9.21 Å². The molecule has 1 aromatic rings. The second-order valence-electron chi connectivity index (χ2n) is 5.25. The van der Waals surface area contributed by atoms with Crippen LogP contribution in [0.15, 0.2) is 22.3 Å². The largest absolute Gasteiger partial charge is 0.468 e. The Morgan fingerprint density at radius 1 is 1.35 bits per heavy atom. The SMILES string of the molecule is C/C1=C/CCC(C)CC(=O)c2c(C)coc2C1. The smallest absolute Gasteiger partial charge is 0.166 e. The zero-order valence-corrected chi connectivity index (χ0v) is 10.9. The molecular weight excluding hydrogens is 212 g/mol. The summed E-state index contributed by atoms with van der Waals surface area (Å²) in [6, 6.07) is 0. The average molecular weight is 232 g/mol. The van der Waals surface area contributed by atoms with Gasteiger partial charge in [-0.25, -0.2) is 0 Å². The highest BCUT2D eigenvalue weighted by Gasteiger charge is 2.21. The van der Waals surface area contributed by atoms with Gasteiger partial charge in [0.05, 0.1) is 11.8 Å². The minimum absolute atomic E-state index is 0.244. The van der Waals surface area contributed by atoms with Crippen molar-refractivity contribution in [1.82, 2.24) is 0 Å². The summed E-state index contributed by atoms with van der Waals surface area (Å²) in [5, 5.41) is 0. The Labute approximate surface area is 103 Å². The third kappa shape index (κ3) is 2.68. The molecule has 0 aliphatic heterocycles. The summed E-state index contributed by atoms with van der Waals surface area (Å²) >= 11 is 0. The Morgan fingerprint density at radius 3 is 2.88 bits per heavy atom. The molecule has 2 heteroatoms. The Hall–Kier alpha value is -1.31. The van der Waals surface area contributed by atoms with Crippen LogP contribution < -0.4 is 0 Å². The van der Waals surface area contributed by atoms with Crippen molar-refractivity contribution >= 4 is 5.78 Å². The standard InChI is InChI=1S/C15H20O2/c1-10-5-4-6-11(2)8-14-15(13(16)7-10)12(3)9-17-14/h6,9-10H,4-5,7-8H2,1-3H3/b11-6-. The molecule has 2 nitrogen and oxygen atoms in total. The van der Waals surface area contributed by atoms with Crippen LogP contribution in [0.1, 0.15) is 54.8 Å². The van der Waals surface area contributed by atoms with Gasteiger partial charge in [-0.2, -0.15) is 0 Å². The first-order chi connectivity index (χ1) is 8.08. The van der Waals surface area contributed by atoms with Crippen LogP contribution in [0.2, 0.25) is 0 Å². The number of hydrogen-bond donors (Lipinski definition) is 0. The Kier molecular flexibility index (Phi) is 3.51. The Balaban J connectivity index is 2.39. The lowest BCUT2D eigenvalue weighted by Crippen LogP contribution is -2.10. The summed E-state index contributed by atoms with van der Waals surface area (Å²) < 4.78 is 5.53. The number of hydrogen-bond acceptors (Lipinski definition) is 2. The van der Waals surface area contributed by atoms with Crippen LogP contribution in [0, 0.1) is 12.8 Å². The van der Waals surface area contributed by atoms with Crippen molar-refractivity contribution in [3.63, 3.8) is 0 Å². The van der Waals surface area contributed by atoms with Crippen molar-refractivity contribution in [2.75, 3.05) is 0 Å². The molecule has 0 radical (unpaired) electrons. The molecule has 1 aromatic heterocycles.